The number of hydrogen-bond donors (Lipinski definition) is 3. The Morgan fingerprint density at radius 2 is 1.70 bits per heavy atom. The molecule has 5 unspecified atom stereocenters. The number of anilines is 1. The van der Waals surface area contributed by atoms with Gasteiger partial charge in [0, 0.05) is 90.4 Å². The van der Waals surface area contributed by atoms with Crippen LogP contribution in [0.4, 0.5) is 5.69 Å². The second-order valence-corrected chi connectivity index (χ2v) is 18.4. The standard InChI is InChI=1S/C47H60N4O9/c1-8-36(52)60-40-44(10-3)17-13-19-51-21-18-45(38(44)51)31-22-32(35(57-5)23-34(31)49(4)39(45)47(40,56)42(54)59-7)46(41(53)58-6)25-28-24-43(55,9-2)27-50(26-28)20-16-30-29-14-11-12-15-33(29)48-37(30)46/h11-15,17,22-23,28,38-40,48,55-56H,8-10,16,18-21,24-27H2,1-7H3/t28?,38?,39?,40-,43+,44-,45?,46-,47+/m1/s1. The Kier molecular flexibility index (Phi) is 9.77. The monoisotopic (exact) mass is 824 g/mol. The Balaban J connectivity index is 1.36. The smallest absolute Gasteiger partial charge is 0.344 e. The van der Waals surface area contributed by atoms with Gasteiger partial charge in [-0.3, -0.25) is 19.4 Å². The molecule has 3 aromatic rings. The Morgan fingerprint density at radius 1 is 0.933 bits per heavy atom. The molecule has 0 amide bonds. The van der Waals surface area contributed by atoms with E-state index in [1.807, 2.05) is 50.1 Å². The van der Waals surface area contributed by atoms with Crippen molar-refractivity contribution < 1.29 is 43.5 Å². The SMILES string of the molecule is CCC(=O)O[C@@H]1[C@]2(CC)C=CCN3CCC4(c5cc([C@]6(C(=O)OC)CC7CN(CCc8c6[nH]c6ccccc86)C[C@](O)(CC)C7)c(OC)cc5N(C)C4[C@@]1(O)C(=O)OC)C32. The number of hydrogen-bond acceptors (Lipinski definition) is 12. The van der Waals surface area contributed by atoms with Crippen LogP contribution in [0.1, 0.15) is 81.7 Å². The van der Waals surface area contributed by atoms with Gasteiger partial charge in [-0.1, -0.05) is 51.1 Å². The first-order chi connectivity index (χ1) is 28.8. The van der Waals surface area contributed by atoms with Gasteiger partial charge >= 0.3 is 17.9 Å². The molecule has 13 heteroatoms. The van der Waals surface area contributed by atoms with Gasteiger partial charge in [-0.2, -0.15) is 0 Å². The van der Waals surface area contributed by atoms with E-state index in [0.717, 1.165) is 33.4 Å². The summed E-state index contributed by atoms with van der Waals surface area (Å²) in [5.41, 5.74) is -1.62. The van der Waals surface area contributed by atoms with E-state index in [0.29, 0.717) is 82.6 Å². The minimum atomic E-state index is -2.30. The van der Waals surface area contributed by atoms with Crippen molar-refractivity contribution in [3.8, 4) is 5.75 Å². The van der Waals surface area contributed by atoms with Crippen LogP contribution in [-0.4, -0.2) is 133 Å². The first kappa shape index (κ1) is 40.9. The van der Waals surface area contributed by atoms with Crippen LogP contribution in [0.15, 0.2) is 48.6 Å². The number of ether oxygens (including phenoxy) is 4. The Bertz CT molecular complexity index is 2270. The number of H-pyrrole nitrogens is 1. The first-order valence-electron chi connectivity index (χ1n) is 21.8. The van der Waals surface area contributed by atoms with Gasteiger partial charge in [0.15, 0.2) is 6.10 Å². The normalized spacial score (nSPS) is 36.5. The van der Waals surface area contributed by atoms with Gasteiger partial charge in [0.25, 0.3) is 0 Å². The molecule has 2 saturated heterocycles. The summed E-state index contributed by atoms with van der Waals surface area (Å²) in [6.07, 6.45) is 6.05. The molecule has 6 heterocycles. The first-order valence-corrected chi connectivity index (χ1v) is 21.8. The molecule has 1 aliphatic carbocycles. The highest BCUT2D eigenvalue weighted by Crippen LogP contribution is 2.68. The summed E-state index contributed by atoms with van der Waals surface area (Å²) in [5, 5.41) is 26.4. The van der Waals surface area contributed by atoms with Crippen LogP contribution >= 0.6 is 0 Å². The zero-order valence-corrected chi connectivity index (χ0v) is 36.0. The number of nitrogens with one attached hydrogen (secondary N) is 1. The summed E-state index contributed by atoms with van der Waals surface area (Å²) in [5.74, 6) is -1.46. The van der Waals surface area contributed by atoms with Crippen molar-refractivity contribution in [3.05, 3.63) is 70.9 Å². The van der Waals surface area contributed by atoms with Crippen molar-refractivity contribution in [2.75, 3.05) is 66.0 Å². The van der Waals surface area contributed by atoms with E-state index in [1.165, 1.54) is 14.2 Å². The van der Waals surface area contributed by atoms with Crippen LogP contribution in [0.5, 0.6) is 5.75 Å². The molecular formula is C47H60N4O9. The van der Waals surface area contributed by atoms with Gasteiger partial charge in [0.05, 0.1) is 33.0 Å². The van der Waals surface area contributed by atoms with E-state index in [9.17, 15) is 19.8 Å². The number of aliphatic hydroxyl groups is 2. The van der Waals surface area contributed by atoms with Crippen molar-refractivity contribution in [2.24, 2.45) is 11.3 Å². The molecule has 1 saturated carbocycles. The predicted molar refractivity (Wildman–Crippen MR) is 225 cm³/mol. The lowest BCUT2D eigenvalue weighted by Crippen LogP contribution is -2.81. The Hall–Kier alpha value is -4.43. The summed E-state index contributed by atoms with van der Waals surface area (Å²) < 4.78 is 24.1. The lowest BCUT2D eigenvalue weighted by atomic mass is 9.47. The molecular weight excluding hydrogens is 765 g/mol. The number of rotatable bonds is 8. The molecule has 1 spiro atoms. The van der Waals surface area contributed by atoms with E-state index < -0.39 is 57.5 Å². The second kappa shape index (κ2) is 14.3. The number of piperidine rings is 1. The lowest BCUT2D eigenvalue weighted by Gasteiger charge is -2.63. The van der Waals surface area contributed by atoms with Crippen LogP contribution in [0, 0.1) is 11.3 Å². The molecule has 2 aromatic carbocycles. The molecule has 5 aliphatic heterocycles. The number of methoxy groups -OCH3 is 3. The number of likely N-dealkylation sites (N-methyl/N-ethyl adjacent to an activating group) is 1. The number of para-hydroxylation sites is 1. The summed E-state index contributed by atoms with van der Waals surface area (Å²) in [4.78, 5) is 53.7. The summed E-state index contributed by atoms with van der Waals surface area (Å²) in [6, 6.07) is 11.0. The Morgan fingerprint density at radius 3 is 2.40 bits per heavy atom. The van der Waals surface area contributed by atoms with Crippen LogP contribution in [0.25, 0.3) is 10.9 Å². The highest BCUT2D eigenvalue weighted by Gasteiger charge is 2.80. The molecule has 1 aromatic heterocycles. The van der Waals surface area contributed by atoms with Crippen LogP contribution in [-0.2, 0) is 45.8 Å². The summed E-state index contributed by atoms with van der Waals surface area (Å²) in [6.45, 7) is 9.04. The number of carbonyl (C=O) groups is 3. The minimum Gasteiger partial charge on any atom is -0.496 e. The molecule has 2 bridgehead atoms. The number of aromatic nitrogens is 1. The molecule has 3 fully saturated rings. The van der Waals surface area contributed by atoms with Gasteiger partial charge in [0.1, 0.15) is 11.2 Å². The largest absolute Gasteiger partial charge is 0.496 e. The highest BCUT2D eigenvalue weighted by molar-refractivity contribution is 5.95. The van der Waals surface area contributed by atoms with E-state index >= 15 is 4.79 Å². The van der Waals surface area contributed by atoms with Crippen molar-refractivity contribution in [2.45, 2.75) is 106 Å². The molecule has 10 atom stereocenters. The summed E-state index contributed by atoms with van der Waals surface area (Å²) >= 11 is 0. The fourth-order valence-electron chi connectivity index (χ4n) is 13.6. The molecule has 322 valence electrons. The number of nitrogens with zero attached hydrogens (tertiary/aromatic N) is 3. The number of benzene rings is 2. The number of esters is 3. The molecule has 9 rings (SSSR count). The van der Waals surface area contributed by atoms with Gasteiger partial charge in [0.2, 0.25) is 5.60 Å². The fraction of sp³-hybridized carbons (Fsp3) is 0.596. The fourth-order valence-corrected chi connectivity index (χ4v) is 13.6. The highest BCUT2D eigenvalue weighted by atomic mass is 16.6. The maximum absolute atomic E-state index is 15.4. The van der Waals surface area contributed by atoms with Crippen molar-refractivity contribution in [1.29, 1.82) is 0 Å². The van der Waals surface area contributed by atoms with Gasteiger partial charge in [-0.05, 0) is 74.2 Å². The second-order valence-electron chi connectivity index (χ2n) is 18.4. The quantitative estimate of drug-likeness (QED) is 0.168. The van der Waals surface area contributed by atoms with Gasteiger partial charge in [-0.25, -0.2) is 4.79 Å². The van der Waals surface area contributed by atoms with Gasteiger partial charge < -0.3 is 39.0 Å². The van der Waals surface area contributed by atoms with Crippen molar-refractivity contribution in [1.82, 2.24) is 14.8 Å². The third-order valence-corrected chi connectivity index (χ3v) is 15.9. The van der Waals surface area contributed by atoms with E-state index in [4.69, 9.17) is 18.9 Å². The predicted octanol–water partition coefficient (Wildman–Crippen LogP) is 4.38. The maximum Gasteiger partial charge on any atom is 0.344 e. The zero-order chi connectivity index (χ0) is 42.6. The molecule has 6 aliphatic rings. The van der Waals surface area contributed by atoms with Crippen molar-refractivity contribution >= 4 is 34.5 Å². The van der Waals surface area contributed by atoms with Crippen LogP contribution < -0.4 is 9.64 Å². The molecule has 13 nitrogen and oxygen atoms in total. The topological polar surface area (TPSA) is 154 Å². The average Bonchev–Trinajstić information content (AvgIpc) is 3.92. The lowest BCUT2D eigenvalue weighted by molar-refractivity contribution is -0.229. The average molecular weight is 825 g/mol. The third kappa shape index (κ3) is 5.27. The van der Waals surface area contributed by atoms with E-state index in [2.05, 4.69) is 39.1 Å². The minimum absolute atomic E-state index is 0.0673. The van der Waals surface area contributed by atoms with Gasteiger partial charge in [-0.15, -0.1) is 0 Å². The molecule has 3 N–H and O–H groups in total. The summed E-state index contributed by atoms with van der Waals surface area (Å²) in [7, 11) is 6.17. The number of carbonyl (C=O) groups excluding carboxylic acids is 3. The van der Waals surface area contributed by atoms with Crippen molar-refractivity contribution in [3.63, 3.8) is 0 Å². The molecule has 60 heavy (non-hydrogen) atoms. The number of fused-ring (bicyclic) bond motifs is 6. The van der Waals surface area contributed by atoms with Crippen LogP contribution in [0.2, 0.25) is 0 Å². The Labute approximate surface area is 352 Å². The third-order valence-electron chi connectivity index (χ3n) is 15.9. The van der Waals surface area contributed by atoms with Crippen LogP contribution in [0.3, 0.4) is 0 Å². The van der Waals surface area contributed by atoms with E-state index in [1.54, 1.807) is 14.0 Å². The molecule has 0 radical (unpaired) electrons. The number of aromatic amines is 1. The maximum atomic E-state index is 15.4. The zero-order valence-electron chi connectivity index (χ0n) is 36.0. The van der Waals surface area contributed by atoms with E-state index in [-0.39, 0.29) is 18.4 Å².